The molecule has 0 bridgehead atoms. The zero-order chi connectivity index (χ0) is 18.5. The summed E-state index contributed by atoms with van der Waals surface area (Å²) in [5.41, 5.74) is 0.876. The van der Waals surface area contributed by atoms with Gasteiger partial charge in [0.05, 0.1) is 18.8 Å². The van der Waals surface area contributed by atoms with Crippen LogP contribution in [0.15, 0.2) is 24.3 Å². The maximum Gasteiger partial charge on any atom is 0.262 e. The summed E-state index contributed by atoms with van der Waals surface area (Å²) in [6, 6.07) is 7.96. The Bertz CT molecular complexity index is 643. The van der Waals surface area contributed by atoms with Crippen molar-refractivity contribution in [2.45, 2.75) is 51.2 Å². The number of hydrogen-bond acceptors (Lipinski definition) is 4. The smallest absolute Gasteiger partial charge is 0.262 e. The summed E-state index contributed by atoms with van der Waals surface area (Å²) in [6.07, 6.45) is 5.27. The highest BCUT2D eigenvalue weighted by Gasteiger charge is 2.33. The predicted molar refractivity (Wildman–Crippen MR) is 101 cm³/mol. The third-order valence-corrected chi connectivity index (χ3v) is 5.40. The van der Waals surface area contributed by atoms with Crippen LogP contribution < -0.4 is 15.0 Å². The molecule has 1 saturated carbocycles. The highest BCUT2D eigenvalue weighted by atomic mass is 16.5. The van der Waals surface area contributed by atoms with Crippen molar-refractivity contribution < 1.29 is 14.3 Å². The van der Waals surface area contributed by atoms with E-state index in [0.717, 1.165) is 25.1 Å². The van der Waals surface area contributed by atoms with E-state index >= 15 is 0 Å². The van der Waals surface area contributed by atoms with Crippen LogP contribution in [0.3, 0.4) is 0 Å². The number of nitrogens with zero attached hydrogens (tertiary/aromatic N) is 2. The minimum atomic E-state index is -0.604. The second-order valence-corrected chi connectivity index (χ2v) is 7.04. The fourth-order valence-electron chi connectivity index (χ4n) is 4.04. The highest BCUT2D eigenvalue weighted by Crippen LogP contribution is 2.33. The number of ether oxygens (including phenoxy) is 1. The van der Waals surface area contributed by atoms with Crippen LogP contribution in [0.5, 0.6) is 5.75 Å². The largest absolute Gasteiger partial charge is 0.477 e. The van der Waals surface area contributed by atoms with Gasteiger partial charge in [0.15, 0.2) is 6.10 Å². The molecule has 6 nitrogen and oxygen atoms in total. The number of amides is 2. The van der Waals surface area contributed by atoms with Crippen LogP contribution in [0.4, 0.5) is 5.69 Å². The van der Waals surface area contributed by atoms with Crippen LogP contribution in [0.2, 0.25) is 0 Å². The van der Waals surface area contributed by atoms with Crippen LogP contribution in [0, 0.1) is 0 Å². The van der Waals surface area contributed by atoms with Crippen LogP contribution >= 0.6 is 0 Å². The zero-order valence-electron chi connectivity index (χ0n) is 15.7. The summed E-state index contributed by atoms with van der Waals surface area (Å²) < 4.78 is 5.82. The summed E-state index contributed by atoms with van der Waals surface area (Å²) in [5.74, 6) is 0.615. The zero-order valence-corrected chi connectivity index (χ0v) is 15.7. The van der Waals surface area contributed by atoms with Gasteiger partial charge in [-0.1, -0.05) is 31.4 Å². The molecule has 1 fully saturated rings. The van der Waals surface area contributed by atoms with E-state index in [9.17, 15) is 9.59 Å². The molecule has 0 saturated heterocycles. The molecule has 0 spiro atoms. The molecule has 26 heavy (non-hydrogen) atoms. The Morgan fingerprint density at radius 1 is 1.23 bits per heavy atom. The number of nitrogens with one attached hydrogen (secondary N) is 1. The Kier molecular flexibility index (Phi) is 6.01. The van der Waals surface area contributed by atoms with Gasteiger partial charge < -0.3 is 19.9 Å². The van der Waals surface area contributed by atoms with Crippen molar-refractivity contribution in [3.05, 3.63) is 24.3 Å². The molecular weight excluding hydrogens is 330 g/mol. The molecule has 0 aromatic heterocycles. The molecule has 1 aromatic carbocycles. The normalized spacial score (nSPS) is 20.1. The molecule has 3 rings (SSSR count). The first-order valence-corrected chi connectivity index (χ1v) is 9.65. The number of carbonyl (C=O) groups is 2. The lowest BCUT2D eigenvalue weighted by Crippen LogP contribution is -2.52. The number of anilines is 1. The van der Waals surface area contributed by atoms with Crippen molar-refractivity contribution in [1.29, 1.82) is 0 Å². The third-order valence-electron chi connectivity index (χ3n) is 5.40. The number of benzene rings is 1. The molecular formula is C20H29N3O3. The first kappa shape index (κ1) is 18.5. The number of rotatable bonds is 5. The summed E-state index contributed by atoms with van der Waals surface area (Å²) in [6.45, 7) is 3.43. The van der Waals surface area contributed by atoms with E-state index in [-0.39, 0.29) is 18.4 Å². The van der Waals surface area contributed by atoms with Gasteiger partial charge in [0, 0.05) is 19.6 Å². The van der Waals surface area contributed by atoms with E-state index in [1.807, 2.05) is 41.0 Å². The Morgan fingerprint density at radius 3 is 2.65 bits per heavy atom. The van der Waals surface area contributed by atoms with Crippen LogP contribution in [-0.4, -0.2) is 55.5 Å². The number of carbonyl (C=O) groups excluding carboxylic acids is 2. The molecule has 6 heteroatoms. The predicted octanol–water partition coefficient (Wildman–Crippen LogP) is 2.18. The lowest BCUT2D eigenvalue weighted by atomic mass is 9.94. The van der Waals surface area contributed by atoms with Gasteiger partial charge in [-0.2, -0.15) is 0 Å². The average Bonchev–Trinajstić information content (AvgIpc) is 2.68. The first-order chi connectivity index (χ1) is 12.6. The van der Waals surface area contributed by atoms with Gasteiger partial charge in [0.2, 0.25) is 5.91 Å². The SMILES string of the molecule is CCN(C(=O)CN1C[C@@H](C(=O)NC)Oc2ccccc21)C1CCCCC1. The maximum absolute atomic E-state index is 13.0. The maximum atomic E-state index is 13.0. The van der Waals surface area contributed by atoms with Gasteiger partial charge in [0.25, 0.3) is 5.91 Å². The van der Waals surface area contributed by atoms with Gasteiger partial charge in [-0.3, -0.25) is 9.59 Å². The summed E-state index contributed by atoms with van der Waals surface area (Å²) in [5, 5.41) is 2.64. The molecule has 0 unspecified atom stereocenters. The van der Waals surface area contributed by atoms with Crippen molar-refractivity contribution in [3.63, 3.8) is 0 Å². The van der Waals surface area contributed by atoms with Crippen molar-refractivity contribution >= 4 is 17.5 Å². The van der Waals surface area contributed by atoms with Gasteiger partial charge in [-0.25, -0.2) is 0 Å². The fourth-order valence-corrected chi connectivity index (χ4v) is 4.04. The van der Waals surface area contributed by atoms with E-state index in [1.54, 1.807) is 7.05 Å². The Hall–Kier alpha value is -2.24. The lowest BCUT2D eigenvalue weighted by molar-refractivity contribution is -0.133. The van der Waals surface area contributed by atoms with Gasteiger partial charge in [-0.05, 0) is 31.9 Å². The van der Waals surface area contributed by atoms with Gasteiger partial charge >= 0.3 is 0 Å². The summed E-state index contributed by atoms with van der Waals surface area (Å²) >= 11 is 0. The van der Waals surface area contributed by atoms with Gasteiger partial charge in [-0.15, -0.1) is 0 Å². The number of likely N-dealkylation sites (N-methyl/N-ethyl adjacent to an activating group) is 2. The Labute approximate surface area is 155 Å². The molecule has 1 aliphatic carbocycles. The quantitative estimate of drug-likeness (QED) is 0.875. The van der Waals surface area contributed by atoms with E-state index in [4.69, 9.17) is 4.74 Å². The molecule has 1 heterocycles. The van der Waals surface area contributed by atoms with Crippen molar-refractivity contribution in [3.8, 4) is 5.75 Å². The second-order valence-electron chi connectivity index (χ2n) is 7.04. The molecule has 2 aliphatic rings. The topological polar surface area (TPSA) is 61.9 Å². The van der Waals surface area contributed by atoms with E-state index in [1.165, 1.54) is 19.3 Å². The van der Waals surface area contributed by atoms with Crippen LogP contribution in [0.1, 0.15) is 39.0 Å². The van der Waals surface area contributed by atoms with Crippen molar-refractivity contribution in [1.82, 2.24) is 10.2 Å². The molecule has 0 radical (unpaired) electrons. The molecule has 142 valence electrons. The average molecular weight is 359 g/mol. The minimum Gasteiger partial charge on any atom is -0.477 e. The van der Waals surface area contributed by atoms with Crippen molar-refractivity contribution in [2.24, 2.45) is 0 Å². The first-order valence-electron chi connectivity index (χ1n) is 9.65. The minimum absolute atomic E-state index is 0.131. The number of para-hydroxylation sites is 2. The molecule has 1 aliphatic heterocycles. The lowest BCUT2D eigenvalue weighted by Gasteiger charge is -2.38. The molecule has 1 aromatic rings. The standard InChI is InChI=1S/C20H29N3O3/c1-3-23(15-9-5-4-6-10-15)19(24)14-22-13-18(20(25)21-2)26-17-12-8-7-11-16(17)22/h7-8,11-12,15,18H,3-6,9-10,13-14H2,1-2H3,(H,21,25)/t18-/m0/s1. The van der Waals surface area contributed by atoms with E-state index in [0.29, 0.717) is 18.3 Å². The highest BCUT2D eigenvalue weighted by molar-refractivity contribution is 5.86. The third kappa shape index (κ3) is 3.94. The summed E-state index contributed by atoms with van der Waals surface area (Å²) in [4.78, 5) is 29.1. The Balaban J connectivity index is 1.76. The van der Waals surface area contributed by atoms with Crippen LogP contribution in [0.25, 0.3) is 0 Å². The molecule has 2 amide bonds. The second kappa shape index (κ2) is 8.43. The van der Waals surface area contributed by atoms with E-state index in [2.05, 4.69) is 5.32 Å². The number of hydrogen-bond donors (Lipinski definition) is 1. The molecule has 1 N–H and O–H groups in total. The van der Waals surface area contributed by atoms with Gasteiger partial charge in [0.1, 0.15) is 5.75 Å². The summed E-state index contributed by atoms with van der Waals surface area (Å²) in [7, 11) is 1.60. The van der Waals surface area contributed by atoms with Crippen LogP contribution in [-0.2, 0) is 9.59 Å². The van der Waals surface area contributed by atoms with Crippen molar-refractivity contribution in [2.75, 3.05) is 31.6 Å². The molecule has 1 atom stereocenters. The monoisotopic (exact) mass is 359 g/mol. The number of fused-ring (bicyclic) bond motifs is 1. The fraction of sp³-hybridized carbons (Fsp3) is 0.600. The Morgan fingerprint density at radius 2 is 1.96 bits per heavy atom. The van der Waals surface area contributed by atoms with E-state index < -0.39 is 6.10 Å².